The zero-order chi connectivity index (χ0) is 13.9. The van der Waals surface area contributed by atoms with Gasteiger partial charge in [0.05, 0.1) is 0 Å². The van der Waals surface area contributed by atoms with E-state index >= 15 is 0 Å². The fraction of sp³-hybridized carbons (Fsp3) is 0.368. The van der Waals surface area contributed by atoms with Gasteiger partial charge in [-0.05, 0) is 53.5 Å². The van der Waals surface area contributed by atoms with Crippen molar-refractivity contribution in [1.29, 1.82) is 0 Å². The van der Waals surface area contributed by atoms with Crippen molar-refractivity contribution in [1.82, 2.24) is 0 Å². The molecule has 0 nitrogen and oxygen atoms in total. The van der Waals surface area contributed by atoms with E-state index in [2.05, 4.69) is 31.2 Å². The molecular weight excluding hydrogens is 247 g/mol. The molecule has 0 aromatic heterocycles. The van der Waals surface area contributed by atoms with Crippen LogP contribution in [-0.2, 0) is 0 Å². The van der Waals surface area contributed by atoms with Crippen LogP contribution in [-0.4, -0.2) is 0 Å². The first-order valence-electron chi connectivity index (χ1n) is 7.58. The molecule has 2 aromatic rings. The van der Waals surface area contributed by atoms with Crippen LogP contribution in [0, 0.1) is 11.7 Å². The minimum absolute atomic E-state index is 0.173. The minimum atomic E-state index is -0.173. The Morgan fingerprint density at radius 1 is 0.850 bits per heavy atom. The topological polar surface area (TPSA) is 0 Å². The van der Waals surface area contributed by atoms with Crippen LogP contribution in [0.15, 0.2) is 48.5 Å². The Kier molecular flexibility index (Phi) is 3.86. The number of halogens is 1. The van der Waals surface area contributed by atoms with E-state index in [1.54, 1.807) is 12.1 Å². The molecule has 2 aromatic carbocycles. The fourth-order valence-corrected chi connectivity index (χ4v) is 3.21. The van der Waals surface area contributed by atoms with E-state index in [9.17, 15) is 4.39 Å². The molecule has 0 unspecified atom stereocenters. The number of rotatable bonds is 2. The SMILES string of the molecule is CC1CCC(c2ccc(-c3cccc(F)c3)cc2)CC1. The smallest absolute Gasteiger partial charge is 0.123 e. The maximum absolute atomic E-state index is 13.3. The molecule has 0 heterocycles. The van der Waals surface area contributed by atoms with Crippen molar-refractivity contribution in [2.24, 2.45) is 5.92 Å². The van der Waals surface area contributed by atoms with E-state index < -0.39 is 0 Å². The molecule has 104 valence electrons. The third-order valence-corrected chi connectivity index (χ3v) is 4.56. The summed E-state index contributed by atoms with van der Waals surface area (Å²) in [5.41, 5.74) is 3.49. The molecule has 0 atom stereocenters. The van der Waals surface area contributed by atoms with Gasteiger partial charge in [-0.2, -0.15) is 0 Å². The molecule has 1 aliphatic rings. The highest BCUT2D eigenvalue weighted by molar-refractivity contribution is 5.63. The summed E-state index contributed by atoms with van der Waals surface area (Å²) < 4.78 is 13.3. The molecule has 1 saturated carbocycles. The molecule has 20 heavy (non-hydrogen) atoms. The lowest BCUT2D eigenvalue weighted by molar-refractivity contribution is 0.348. The lowest BCUT2D eigenvalue weighted by Gasteiger charge is -2.26. The zero-order valence-electron chi connectivity index (χ0n) is 12.0. The van der Waals surface area contributed by atoms with E-state index in [-0.39, 0.29) is 5.82 Å². The van der Waals surface area contributed by atoms with Crippen molar-refractivity contribution >= 4 is 0 Å². The second-order valence-corrected chi connectivity index (χ2v) is 6.09. The van der Waals surface area contributed by atoms with E-state index in [4.69, 9.17) is 0 Å². The highest BCUT2D eigenvalue weighted by Crippen LogP contribution is 2.36. The zero-order valence-corrected chi connectivity index (χ0v) is 12.0. The maximum atomic E-state index is 13.3. The molecule has 1 aliphatic carbocycles. The van der Waals surface area contributed by atoms with Gasteiger partial charge < -0.3 is 0 Å². The lowest BCUT2D eigenvalue weighted by atomic mass is 9.79. The summed E-state index contributed by atoms with van der Waals surface area (Å²) in [5, 5.41) is 0. The van der Waals surface area contributed by atoms with Crippen LogP contribution in [0.25, 0.3) is 11.1 Å². The Bertz CT molecular complexity index is 563. The fourth-order valence-electron chi connectivity index (χ4n) is 3.21. The molecule has 0 amide bonds. The second-order valence-electron chi connectivity index (χ2n) is 6.09. The van der Waals surface area contributed by atoms with Crippen molar-refractivity contribution in [3.63, 3.8) is 0 Å². The molecule has 1 heteroatoms. The first-order chi connectivity index (χ1) is 9.72. The Balaban J connectivity index is 1.78. The van der Waals surface area contributed by atoms with E-state index in [0.717, 1.165) is 17.0 Å². The largest absolute Gasteiger partial charge is 0.207 e. The van der Waals surface area contributed by atoms with Gasteiger partial charge in [-0.1, -0.05) is 56.2 Å². The van der Waals surface area contributed by atoms with Gasteiger partial charge in [-0.15, -0.1) is 0 Å². The van der Waals surface area contributed by atoms with Gasteiger partial charge in [0.15, 0.2) is 0 Å². The third kappa shape index (κ3) is 2.92. The van der Waals surface area contributed by atoms with Crippen molar-refractivity contribution in [2.75, 3.05) is 0 Å². The normalized spacial score (nSPS) is 22.7. The average molecular weight is 268 g/mol. The van der Waals surface area contributed by atoms with Crippen molar-refractivity contribution in [3.05, 3.63) is 59.9 Å². The first kappa shape index (κ1) is 13.4. The van der Waals surface area contributed by atoms with Crippen LogP contribution in [0.1, 0.15) is 44.1 Å². The van der Waals surface area contributed by atoms with Gasteiger partial charge >= 0.3 is 0 Å². The summed E-state index contributed by atoms with van der Waals surface area (Å²) in [5.74, 6) is 1.43. The molecule has 0 saturated heterocycles. The van der Waals surface area contributed by atoms with Gasteiger partial charge in [0.25, 0.3) is 0 Å². The second kappa shape index (κ2) is 5.78. The van der Waals surface area contributed by atoms with Gasteiger partial charge in [0.1, 0.15) is 5.82 Å². The number of hydrogen-bond acceptors (Lipinski definition) is 0. The Morgan fingerprint density at radius 2 is 1.55 bits per heavy atom. The summed E-state index contributed by atoms with van der Waals surface area (Å²) in [6, 6.07) is 15.5. The van der Waals surface area contributed by atoms with Crippen LogP contribution in [0.4, 0.5) is 4.39 Å². The van der Waals surface area contributed by atoms with E-state index in [0.29, 0.717) is 5.92 Å². The summed E-state index contributed by atoms with van der Waals surface area (Å²) in [6.07, 6.45) is 5.30. The predicted molar refractivity (Wildman–Crippen MR) is 82.2 cm³/mol. The quantitative estimate of drug-likeness (QED) is 0.647. The van der Waals surface area contributed by atoms with Crippen molar-refractivity contribution < 1.29 is 4.39 Å². The first-order valence-corrected chi connectivity index (χ1v) is 7.58. The van der Waals surface area contributed by atoms with Crippen molar-refractivity contribution in [2.45, 2.75) is 38.5 Å². The summed E-state index contributed by atoms with van der Waals surface area (Å²) in [7, 11) is 0. The third-order valence-electron chi connectivity index (χ3n) is 4.56. The van der Waals surface area contributed by atoms with Crippen LogP contribution in [0.5, 0.6) is 0 Å². The summed E-state index contributed by atoms with van der Waals surface area (Å²) in [4.78, 5) is 0. The monoisotopic (exact) mass is 268 g/mol. The maximum Gasteiger partial charge on any atom is 0.123 e. The highest BCUT2D eigenvalue weighted by Gasteiger charge is 2.19. The van der Waals surface area contributed by atoms with Crippen molar-refractivity contribution in [3.8, 4) is 11.1 Å². The van der Waals surface area contributed by atoms with Gasteiger partial charge in [0.2, 0.25) is 0 Å². The van der Waals surface area contributed by atoms with Crippen LogP contribution in [0.2, 0.25) is 0 Å². The Labute approximate surface area is 120 Å². The lowest BCUT2D eigenvalue weighted by Crippen LogP contribution is -2.10. The molecule has 3 rings (SSSR count). The van der Waals surface area contributed by atoms with Gasteiger partial charge in [-0.25, -0.2) is 4.39 Å². The molecule has 0 aliphatic heterocycles. The predicted octanol–water partition coefficient (Wildman–Crippen LogP) is 5.79. The summed E-state index contributed by atoms with van der Waals surface area (Å²) in [6.45, 7) is 2.35. The number of benzene rings is 2. The molecule has 0 spiro atoms. The summed E-state index contributed by atoms with van der Waals surface area (Å²) >= 11 is 0. The molecule has 1 fully saturated rings. The minimum Gasteiger partial charge on any atom is -0.207 e. The van der Waals surface area contributed by atoms with Gasteiger partial charge in [0, 0.05) is 0 Å². The average Bonchev–Trinajstić information content (AvgIpc) is 2.48. The van der Waals surface area contributed by atoms with E-state index in [1.165, 1.54) is 37.3 Å². The van der Waals surface area contributed by atoms with Crippen LogP contribution >= 0.6 is 0 Å². The Morgan fingerprint density at radius 3 is 2.20 bits per heavy atom. The molecule has 0 N–H and O–H groups in total. The molecule has 0 radical (unpaired) electrons. The highest BCUT2D eigenvalue weighted by atomic mass is 19.1. The van der Waals surface area contributed by atoms with Gasteiger partial charge in [-0.3, -0.25) is 0 Å². The Hall–Kier alpha value is -1.63. The van der Waals surface area contributed by atoms with E-state index in [1.807, 2.05) is 6.07 Å². The number of hydrogen-bond donors (Lipinski definition) is 0. The van der Waals surface area contributed by atoms with Crippen LogP contribution < -0.4 is 0 Å². The molecule has 0 bridgehead atoms. The molecular formula is C19H21F. The van der Waals surface area contributed by atoms with Crippen LogP contribution in [0.3, 0.4) is 0 Å². The standard InChI is InChI=1S/C19H21F/c1-14-5-7-15(8-6-14)16-9-11-17(12-10-16)18-3-2-4-19(20)13-18/h2-4,9-15H,5-8H2,1H3.